The van der Waals surface area contributed by atoms with Crippen LogP contribution in [0.25, 0.3) is 0 Å². The van der Waals surface area contributed by atoms with E-state index >= 15 is 0 Å². The Balaban J connectivity index is 2.71. The van der Waals surface area contributed by atoms with Crippen LogP contribution < -0.4 is 10.5 Å². The summed E-state index contributed by atoms with van der Waals surface area (Å²) in [7, 11) is 1.32. The van der Waals surface area contributed by atoms with Crippen LogP contribution in [0.2, 0.25) is 0 Å². The number of anilines is 1. The Morgan fingerprint density at radius 2 is 2.06 bits per heavy atom. The predicted molar refractivity (Wildman–Crippen MR) is 68.8 cm³/mol. The molecule has 1 aromatic rings. The first-order valence-corrected chi connectivity index (χ1v) is 5.77. The molecule has 0 unspecified atom stereocenters. The maximum Gasteiger partial charge on any atom is 0.341 e. The summed E-state index contributed by atoms with van der Waals surface area (Å²) in [5, 5.41) is 0. The number of hydrogen-bond donors (Lipinski definition) is 1. The Labute approximate surface area is 107 Å². The number of methoxy groups -OCH3 is 1. The Morgan fingerprint density at radius 1 is 1.33 bits per heavy atom. The fourth-order valence-electron chi connectivity index (χ4n) is 1.41. The lowest BCUT2D eigenvalue weighted by Crippen LogP contribution is -2.14. The molecule has 5 nitrogen and oxygen atoms in total. The van der Waals surface area contributed by atoms with E-state index in [-0.39, 0.29) is 6.10 Å². The zero-order valence-electron chi connectivity index (χ0n) is 10.9. The van der Waals surface area contributed by atoms with Crippen molar-refractivity contribution >= 4 is 11.7 Å². The number of ether oxygens (including phenoxy) is 3. The molecule has 18 heavy (non-hydrogen) atoms. The van der Waals surface area contributed by atoms with E-state index < -0.39 is 5.97 Å². The molecule has 0 aliphatic heterocycles. The van der Waals surface area contributed by atoms with Crippen LogP contribution in [0, 0.1) is 0 Å². The summed E-state index contributed by atoms with van der Waals surface area (Å²) in [6.45, 7) is 4.65. The summed E-state index contributed by atoms with van der Waals surface area (Å²) >= 11 is 0. The summed E-state index contributed by atoms with van der Waals surface area (Å²) in [5.74, 6) is -0.126. The molecule has 0 saturated carbocycles. The van der Waals surface area contributed by atoms with Crippen molar-refractivity contribution in [3.63, 3.8) is 0 Å². The summed E-state index contributed by atoms with van der Waals surface area (Å²) in [4.78, 5) is 11.5. The second-order valence-corrected chi connectivity index (χ2v) is 3.98. The van der Waals surface area contributed by atoms with Gasteiger partial charge in [0.05, 0.1) is 25.5 Å². The summed E-state index contributed by atoms with van der Waals surface area (Å²) in [6.07, 6.45) is 0.141. The van der Waals surface area contributed by atoms with Gasteiger partial charge in [-0.15, -0.1) is 0 Å². The van der Waals surface area contributed by atoms with Gasteiger partial charge in [-0.1, -0.05) is 6.07 Å². The van der Waals surface area contributed by atoms with E-state index in [2.05, 4.69) is 4.74 Å². The van der Waals surface area contributed by atoms with E-state index in [9.17, 15) is 4.79 Å². The maximum atomic E-state index is 11.5. The van der Waals surface area contributed by atoms with Gasteiger partial charge in [-0.2, -0.15) is 0 Å². The Morgan fingerprint density at radius 3 is 2.67 bits per heavy atom. The van der Waals surface area contributed by atoms with Crippen molar-refractivity contribution in [1.82, 2.24) is 0 Å². The van der Waals surface area contributed by atoms with Crippen molar-refractivity contribution in [3.05, 3.63) is 23.8 Å². The third-order valence-corrected chi connectivity index (χ3v) is 2.23. The molecule has 2 N–H and O–H groups in total. The molecule has 0 bridgehead atoms. The van der Waals surface area contributed by atoms with Gasteiger partial charge in [-0.25, -0.2) is 4.79 Å². The topological polar surface area (TPSA) is 70.8 Å². The van der Waals surface area contributed by atoms with Crippen molar-refractivity contribution in [2.75, 3.05) is 26.1 Å². The monoisotopic (exact) mass is 253 g/mol. The number of nitrogen functional groups attached to an aromatic ring is 1. The molecule has 0 aliphatic carbocycles. The van der Waals surface area contributed by atoms with Gasteiger partial charge < -0.3 is 19.9 Å². The van der Waals surface area contributed by atoms with Gasteiger partial charge in [-0.3, -0.25) is 0 Å². The fourth-order valence-corrected chi connectivity index (χ4v) is 1.41. The molecular weight excluding hydrogens is 234 g/mol. The first-order chi connectivity index (χ1) is 8.56. The standard InChI is InChI=1S/C13H19NO4/c1-9(2)17-7-8-18-12-10(13(15)16-3)5-4-6-11(12)14/h4-6,9H,7-8,14H2,1-3H3. The molecule has 1 aromatic carbocycles. The number of nitrogens with two attached hydrogens (primary N) is 1. The van der Waals surface area contributed by atoms with Crippen LogP contribution >= 0.6 is 0 Å². The molecule has 0 radical (unpaired) electrons. The van der Waals surface area contributed by atoms with E-state index in [4.69, 9.17) is 15.2 Å². The average molecular weight is 253 g/mol. The molecule has 0 atom stereocenters. The zero-order chi connectivity index (χ0) is 13.5. The third-order valence-electron chi connectivity index (χ3n) is 2.23. The van der Waals surface area contributed by atoms with Gasteiger partial charge in [-0.05, 0) is 26.0 Å². The molecule has 0 heterocycles. The quantitative estimate of drug-likeness (QED) is 0.476. The first kappa shape index (κ1) is 14.3. The van der Waals surface area contributed by atoms with Gasteiger partial charge in [0.2, 0.25) is 0 Å². The highest BCUT2D eigenvalue weighted by molar-refractivity contribution is 5.94. The van der Waals surface area contributed by atoms with Gasteiger partial charge in [0.1, 0.15) is 12.2 Å². The number of esters is 1. The SMILES string of the molecule is COC(=O)c1cccc(N)c1OCCOC(C)C. The molecule has 0 aromatic heterocycles. The molecule has 5 heteroatoms. The largest absolute Gasteiger partial charge is 0.488 e. The highest BCUT2D eigenvalue weighted by Gasteiger charge is 2.15. The van der Waals surface area contributed by atoms with Crippen LogP contribution in [0.4, 0.5) is 5.69 Å². The molecule has 0 saturated heterocycles. The van der Waals surface area contributed by atoms with E-state index in [0.717, 1.165) is 0 Å². The van der Waals surface area contributed by atoms with Crippen LogP contribution in [0.15, 0.2) is 18.2 Å². The van der Waals surface area contributed by atoms with Gasteiger partial charge in [0.25, 0.3) is 0 Å². The number of carbonyl (C=O) groups is 1. The molecular formula is C13H19NO4. The van der Waals surface area contributed by atoms with Crippen LogP contribution in [-0.2, 0) is 9.47 Å². The van der Waals surface area contributed by atoms with Gasteiger partial charge >= 0.3 is 5.97 Å². The number of hydrogen-bond acceptors (Lipinski definition) is 5. The Hall–Kier alpha value is -1.75. The van der Waals surface area contributed by atoms with Crippen molar-refractivity contribution in [1.29, 1.82) is 0 Å². The van der Waals surface area contributed by atoms with Crippen LogP contribution in [0.5, 0.6) is 5.75 Å². The normalized spacial score (nSPS) is 10.4. The molecule has 0 aliphatic rings. The lowest BCUT2D eigenvalue weighted by atomic mass is 10.2. The first-order valence-electron chi connectivity index (χ1n) is 5.77. The van der Waals surface area contributed by atoms with Crippen molar-refractivity contribution < 1.29 is 19.0 Å². The van der Waals surface area contributed by atoms with E-state index in [1.807, 2.05) is 13.8 Å². The van der Waals surface area contributed by atoms with E-state index in [1.165, 1.54) is 7.11 Å². The second-order valence-electron chi connectivity index (χ2n) is 3.98. The number of rotatable bonds is 6. The second kappa shape index (κ2) is 6.86. The third kappa shape index (κ3) is 3.92. The highest BCUT2D eigenvalue weighted by atomic mass is 16.5. The van der Waals surface area contributed by atoms with E-state index in [0.29, 0.717) is 30.2 Å². The Kier molecular flexibility index (Phi) is 5.45. The zero-order valence-corrected chi connectivity index (χ0v) is 10.9. The summed E-state index contributed by atoms with van der Waals surface area (Å²) in [6, 6.07) is 4.96. The lowest BCUT2D eigenvalue weighted by molar-refractivity contribution is 0.0524. The van der Waals surface area contributed by atoms with Crippen LogP contribution in [0.3, 0.4) is 0 Å². The van der Waals surface area contributed by atoms with Gasteiger partial charge in [0.15, 0.2) is 5.75 Å². The molecule has 0 spiro atoms. The fraction of sp³-hybridized carbons (Fsp3) is 0.462. The van der Waals surface area contributed by atoms with Crippen LogP contribution in [-0.4, -0.2) is 32.4 Å². The smallest absolute Gasteiger partial charge is 0.341 e. The minimum atomic E-state index is -0.470. The number of benzene rings is 1. The van der Waals surface area contributed by atoms with Crippen molar-refractivity contribution in [3.8, 4) is 5.75 Å². The van der Waals surface area contributed by atoms with Crippen molar-refractivity contribution in [2.24, 2.45) is 0 Å². The minimum absolute atomic E-state index is 0.141. The predicted octanol–water partition coefficient (Wildman–Crippen LogP) is 1.86. The lowest BCUT2D eigenvalue weighted by Gasteiger charge is -2.13. The molecule has 1 rings (SSSR count). The number of para-hydroxylation sites is 1. The average Bonchev–Trinajstić information content (AvgIpc) is 2.34. The molecule has 0 fully saturated rings. The molecule has 100 valence electrons. The van der Waals surface area contributed by atoms with Crippen LogP contribution in [0.1, 0.15) is 24.2 Å². The molecule has 0 amide bonds. The minimum Gasteiger partial charge on any atom is -0.488 e. The van der Waals surface area contributed by atoms with E-state index in [1.54, 1.807) is 18.2 Å². The summed E-state index contributed by atoms with van der Waals surface area (Å²) < 4.78 is 15.5. The Bertz CT molecular complexity index is 404. The van der Waals surface area contributed by atoms with Crippen molar-refractivity contribution in [2.45, 2.75) is 20.0 Å². The summed E-state index contributed by atoms with van der Waals surface area (Å²) in [5.41, 5.74) is 6.51. The van der Waals surface area contributed by atoms with Gasteiger partial charge in [0, 0.05) is 0 Å². The highest BCUT2D eigenvalue weighted by Crippen LogP contribution is 2.26. The maximum absolute atomic E-state index is 11.5. The number of carbonyl (C=O) groups excluding carboxylic acids is 1.